The zero-order chi connectivity index (χ0) is 15.1. The SMILES string of the molecule is CC(C)OCCN1CCC(NC(=O)C2CCCNC2)CC1.Cl.Cl. The van der Waals surface area contributed by atoms with Crippen molar-refractivity contribution in [3.8, 4) is 0 Å². The second-order valence-corrected chi connectivity index (χ2v) is 6.59. The van der Waals surface area contributed by atoms with E-state index in [-0.39, 0.29) is 36.6 Å². The number of hydrogen-bond donors (Lipinski definition) is 2. The summed E-state index contributed by atoms with van der Waals surface area (Å²) in [6.45, 7) is 9.99. The van der Waals surface area contributed by atoms with Crippen LogP contribution in [-0.4, -0.2) is 62.3 Å². The molecule has 7 heteroatoms. The molecule has 2 aliphatic heterocycles. The number of carbonyl (C=O) groups is 1. The minimum absolute atomic E-state index is 0. The normalized spacial score (nSPS) is 23.0. The maximum absolute atomic E-state index is 12.2. The maximum Gasteiger partial charge on any atom is 0.224 e. The molecule has 2 heterocycles. The molecule has 0 aromatic heterocycles. The van der Waals surface area contributed by atoms with Gasteiger partial charge in [-0.2, -0.15) is 0 Å². The van der Waals surface area contributed by atoms with Gasteiger partial charge >= 0.3 is 0 Å². The molecule has 0 radical (unpaired) electrons. The standard InChI is InChI=1S/C16H31N3O2.2ClH/c1-13(2)21-11-10-19-8-5-15(6-9-19)18-16(20)14-4-3-7-17-12-14;;/h13-15,17H,3-12H2,1-2H3,(H,18,20);2*1H. The van der Waals surface area contributed by atoms with Crippen LogP contribution in [0.25, 0.3) is 0 Å². The third-order valence-corrected chi connectivity index (χ3v) is 4.46. The average Bonchev–Trinajstić information content (AvgIpc) is 2.49. The van der Waals surface area contributed by atoms with Crippen LogP contribution in [0.2, 0.25) is 0 Å². The van der Waals surface area contributed by atoms with E-state index in [9.17, 15) is 4.79 Å². The first kappa shape index (κ1) is 22.9. The molecule has 1 unspecified atom stereocenters. The Morgan fingerprint density at radius 2 is 1.96 bits per heavy atom. The molecule has 0 aromatic rings. The minimum atomic E-state index is 0. The Morgan fingerprint density at radius 3 is 2.52 bits per heavy atom. The number of nitrogens with zero attached hydrogens (tertiary/aromatic N) is 1. The van der Waals surface area contributed by atoms with E-state index in [0.29, 0.717) is 12.1 Å². The second kappa shape index (κ2) is 12.3. The molecule has 1 amide bonds. The van der Waals surface area contributed by atoms with Gasteiger partial charge in [-0.1, -0.05) is 0 Å². The lowest BCUT2D eigenvalue weighted by Gasteiger charge is -2.33. The zero-order valence-electron chi connectivity index (χ0n) is 14.4. The second-order valence-electron chi connectivity index (χ2n) is 6.59. The van der Waals surface area contributed by atoms with Crippen LogP contribution in [0.5, 0.6) is 0 Å². The topological polar surface area (TPSA) is 53.6 Å². The zero-order valence-corrected chi connectivity index (χ0v) is 16.0. The molecule has 23 heavy (non-hydrogen) atoms. The van der Waals surface area contributed by atoms with Crippen LogP contribution in [0.4, 0.5) is 0 Å². The number of hydrogen-bond acceptors (Lipinski definition) is 4. The quantitative estimate of drug-likeness (QED) is 0.749. The van der Waals surface area contributed by atoms with Gasteiger partial charge in [0, 0.05) is 32.2 Å². The van der Waals surface area contributed by atoms with Crippen molar-refractivity contribution in [1.82, 2.24) is 15.5 Å². The fourth-order valence-corrected chi connectivity index (χ4v) is 3.11. The third kappa shape index (κ3) is 8.54. The van der Waals surface area contributed by atoms with Crippen LogP contribution in [0.15, 0.2) is 0 Å². The van der Waals surface area contributed by atoms with Gasteiger partial charge in [-0.3, -0.25) is 4.79 Å². The Balaban J connectivity index is 0.00000242. The summed E-state index contributed by atoms with van der Waals surface area (Å²) >= 11 is 0. The van der Waals surface area contributed by atoms with Crippen molar-refractivity contribution >= 4 is 30.7 Å². The van der Waals surface area contributed by atoms with Crippen molar-refractivity contribution in [1.29, 1.82) is 0 Å². The van der Waals surface area contributed by atoms with Crippen LogP contribution in [-0.2, 0) is 9.53 Å². The van der Waals surface area contributed by atoms with Crippen molar-refractivity contribution in [2.45, 2.75) is 51.7 Å². The Kier molecular flexibility index (Phi) is 12.3. The van der Waals surface area contributed by atoms with E-state index in [0.717, 1.165) is 65.0 Å². The summed E-state index contributed by atoms with van der Waals surface area (Å²) in [5, 5.41) is 6.56. The first-order valence-electron chi connectivity index (χ1n) is 8.50. The number of ether oxygens (including phenoxy) is 1. The van der Waals surface area contributed by atoms with Crippen molar-refractivity contribution < 1.29 is 9.53 Å². The summed E-state index contributed by atoms with van der Waals surface area (Å²) in [7, 11) is 0. The fourth-order valence-electron chi connectivity index (χ4n) is 3.11. The predicted molar refractivity (Wildman–Crippen MR) is 98.8 cm³/mol. The van der Waals surface area contributed by atoms with E-state index < -0.39 is 0 Å². The highest BCUT2D eigenvalue weighted by atomic mass is 35.5. The lowest BCUT2D eigenvalue weighted by Crippen LogP contribution is -2.49. The van der Waals surface area contributed by atoms with Gasteiger partial charge < -0.3 is 20.3 Å². The summed E-state index contributed by atoms with van der Waals surface area (Å²) in [5.41, 5.74) is 0. The molecule has 0 aromatic carbocycles. The van der Waals surface area contributed by atoms with Gasteiger partial charge in [-0.05, 0) is 46.1 Å². The van der Waals surface area contributed by atoms with Crippen molar-refractivity contribution in [3.05, 3.63) is 0 Å². The van der Waals surface area contributed by atoms with Crippen LogP contribution in [0, 0.1) is 5.92 Å². The van der Waals surface area contributed by atoms with Gasteiger partial charge in [-0.15, -0.1) is 24.8 Å². The summed E-state index contributed by atoms with van der Waals surface area (Å²) < 4.78 is 5.60. The molecule has 2 fully saturated rings. The first-order valence-corrected chi connectivity index (χ1v) is 8.50. The van der Waals surface area contributed by atoms with Gasteiger partial charge in [-0.25, -0.2) is 0 Å². The number of piperidine rings is 2. The fraction of sp³-hybridized carbons (Fsp3) is 0.938. The largest absolute Gasteiger partial charge is 0.377 e. The third-order valence-electron chi connectivity index (χ3n) is 4.46. The Hall–Kier alpha value is -0.0700. The monoisotopic (exact) mass is 369 g/mol. The van der Waals surface area contributed by atoms with E-state index >= 15 is 0 Å². The number of carbonyl (C=O) groups excluding carboxylic acids is 1. The van der Waals surface area contributed by atoms with E-state index in [4.69, 9.17) is 4.74 Å². The van der Waals surface area contributed by atoms with Gasteiger partial charge in [0.05, 0.1) is 18.6 Å². The molecule has 2 N–H and O–H groups in total. The van der Waals surface area contributed by atoms with Gasteiger partial charge in [0.25, 0.3) is 0 Å². The highest BCUT2D eigenvalue weighted by Crippen LogP contribution is 2.14. The van der Waals surface area contributed by atoms with Crippen LogP contribution >= 0.6 is 24.8 Å². The highest BCUT2D eigenvalue weighted by Gasteiger charge is 2.25. The van der Waals surface area contributed by atoms with Crippen LogP contribution in [0.1, 0.15) is 39.5 Å². The van der Waals surface area contributed by atoms with E-state index in [2.05, 4.69) is 29.4 Å². The molecule has 0 spiro atoms. The maximum atomic E-state index is 12.2. The number of nitrogens with one attached hydrogen (secondary N) is 2. The van der Waals surface area contributed by atoms with Crippen LogP contribution in [0.3, 0.4) is 0 Å². The summed E-state index contributed by atoms with van der Waals surface area (Å²) in [4.78, 5) is 14.6. The van der Waals surface area contributed by atoms with Crippen molar-refractivity contribution in [2.24, 2.45) is 5.92 Å². The van der Waals surface area contributed by atoms with Crippen LogP contribution < -0.4 is 10.6 Å². The molecule has 5 nitrogen and oxygen atoms in total. The molecule has 0 aliphatic carbocycles. The number of halogens is 2. The lowest BCUT2D eigenvalue weighted by atomic mass is 9.97. The number of likely N-dealkylation sites (tertiary alicyclic amines) is 1. The highest BCUT2D eigenvalue weighted by molar-refractivity contribution is 5.85. The molecule has 1 atom stereocenters. The average molecular weight is 370 g/mol. The molecular formula is C16H33Cl2N3O2. The van der Waals surface area contributed by atoms with E-state index in [1.54, 1.807) is 0 Å². The summed E-state index contributed by atoms with van der Waals surface area (Å²) in [6, 6.07) is 0.363. The molecule has 138 valence electrons. The van der Waals surface area contributed by atoms with Gasteiger partial charge in [0.1, 0.15) is 0 Å². The smallest absolute Gasteiger partial charge is 0.224 e. The number of rotatable bonds is 6. The predicted octanol–water partition coefficient (Wildman–Crippen LogP) is 1.84. The van der Waals surface area contributed by atoms with E-state index in [1.165, 1.54) is 0 Å². The van der Waals surface area contributed by atoms with Crippen molar-refractivity contribution in [2.75, 3.05) is 39.3 Å². The van der Waals surface area contributed by atoms with Gasteiger partial charge in [0.15, 0.2) is 0 Å². The summed E-state index contributed by atoms with van der Waals surface area (Å²) in [6.07, 6.45) is 4.59. The molecule has 0 bridgehead atoms. The molecular weight excluding hydrogens is 337 g/mol. The van der Waals surface area contributed by atoms with E-state index in [1.807, 2.05) is 0 Å². The molecule has 2 rings (SSSR count). The molecule has 2 saturated heterocycles. The van der Waals surface area contributed by atoms with Crippen molar-refractivity contribution in [3.63, 3.8) is 0 Å². The molecule has 0 saturated carbocycles. The number of amides is 1. The first-order chi connectivity index (χ1) is 10.1. The lowest BCUT2D eigenvalue weighted by molar-refractivity contribution is -0.126. The Morgan fingerprint density at radius 1 is 1.26 bits per heavy atom. The molecule has 2 aliphatic rings. The summed E-state index contributed by atoms with van der Waals surface area (Å²) in [5.74, 6) is 0.431. The van der Waals surface area contributed by atoms with Gasteiger partial charge in [0.2, 0.25) is 5.91 Å². The minimum Gasteiger partial charge on any atom is -0.377 e. The Bertz CT molecular complexity index is 318. The Labute approximate surface area is 153 Å².